The molecule has 1 nitrogen and oxygen atoms in total. The van der Waals surface area contributed by atoms with Crippen molar-refractivity contribution in [3.05, 3.63) is 38.4 Å². The molecule has 0 aliphatic carbocycles. The summed E-state index contributed by atoms with van der Waals surface area (Å²) < 4.78 is 1.71. The van der Waals surface area contributed by atoms with E-state index < -0.39 is 0 Å². The molecule has 0 spiro atoms. The normalized spacial score (nSPS) is 10.5. The molecule has 0 aliphatic heterocycles. The lowest BCUT2D eigenvalue weighted by Gasteiger charge is -1.97. The van der Waals surface area contributed by atoms with E-state index in [0.29, 0.717) is 5.02 Å². The Bertz CT molecular complexity index is 470. The lowest BCUT2D eigenvalue weighted by Crippen LogP contribution is -1.76. The summed E-state index contributed by atoms with van der Waals surface area (Å²) >= 11 is 16.7. The van der Waals surface area contributed by atoms with Crippen LogP contribution in [0.25, 0.3) is 10.4 Å². The van der Waals surface area contributed by atoms with Crippen molar-refractivity contribution in [1.29, 1.82) is 0 Å². The molecular weight excluding hydrogens is 305 g/mol. The zero-order chi connectivity index (χ0) is 10.1. The van der Waals surface area contributed by atoms with Crippen LogP contribution in [0.5, 0.6) is 0 Å². The number of pyridine rings is 1. The summed E-state index contributed by atoms with van der Waals surface area (Å²) in [7, 11) is 0. The van der Waals surface area contributed by atoms with Crippen molar-refractivity contribution in [3.63, 3.8) is 0 Å². The molecule has 0 saturated carbocycles. The largest absolute Gasteiger partial charge is 0.262 e. The first-order chi connectivity index (χ1) is 6.66. The van der Waals surface area contributed by atoms with Gasteiger partial charge < -0.3 is 0 Å². The molecule has 0 aliphatic rings. The molecule has 2 aromatic heterocycles. The Balaban J connectivity index is 2.54. The van der Waals surface area contributed by atoms with Crippen LogP contribution in [0.15, 0.2) is 29.0 Å². The maximum Gasteiger partial charge on any atom is 0.0946 e. The van der Waals surface area contributed by atoms with Gasteiger partial charge in [-0.15, -0.1) is 11.3 Å². The Kier molecular flexibility index (Phi) is 3.12. The minimum absolute atomic E-state index is 0.624. The number of hydrogen-bond donors (Lipinski definition) is 0. The smallest absolute Gasteiger partial charge is 0.0946 e. The molecule has 0 amide bonds. The van der Waals surface area contributed by atoms with Crippen LogP contribution in [-0.4, -0.2) is 4.98 Å². The second-order valence-corrected chi connectivity index (χ2v) is 5.59. The quantitative estimate of drug-likeness (QED) is 0.731. The van der Waals surface area contributed by atoms with Gasteiger partial charge in [0, 0.05) is 22.4 Å². The highest BCUT2D eigenvalue weighted by molar-refractivity contribution is 9.10. The molecule has 0 radical (unpaired) electrons. The second-order valence-electron chi connectivity index (χ2n) is 2.62. The summed E-state index contributed by atoms with van der Waals surface area (Å²) in [5.74, 6) is 0. The Hall–Kier alpha value is -0.0900. The zero-order valence-electron chi connectivity index (χ0n) is 6.80. The van der Waals surface area contributed by atoms with Gasteiger partial charge in [-0.2, -0.15) is 0 Å². The fourth-order valence-electron chi connectivity index (χ4n) is 1.07. The topological polar surface area (TPSA) is 12.9 Å². The molecule has 2 heterocycles. The van der Waals surface area contributed by atoms with E-state index in [4.69, 9.17) is 23.2 Å². The van der Waals surface area contributed by atoms with Gasteiger partial charge in [-0.05, 0) is 28.1 Å². The highest BCUT2D eigenvalue weighted by Gasteiger charge is 2.08. The molecule has 0 aromatic carbocycles. The Morgan fingerprint density at radius 2 is 2.00 bits per heavy atom. The van der Waals surface area contributed by atoms with Crippen LogP contribution >= 0.6 is 50.5 Å². The molecular formula is C9H4BrCl2NS. The van der Waals surface area contributed by atoms with E-state index in [1.807, 2.05) is 12.1 Å². The minimum atomic E-state index is 0.624. The van der Waals surface area contributed by atoms with Gasteiger partial charge in [0.2, 0.25) is 0 Å². The molecule has 0 saturated heterocycles. The summed E-state index contributed by atoms with van der Waals surface area (Å²) in [6.45, 7) is 0. The minimum Gasteiger partial charge on any atom is -0.262 e. The van der Waals surface area contributed by atoms with Gasteiger partial charge in [-0.3, -0.25) is 4.98 Å². The maximum absolute atomic E-state index is 5.89. The number of thiophene rings is 1. The lowest BCUT2D eigenvalue weighted by molar-refractivity contribution is 1.33. The van der Waals surface area contributed by atoms with Crippen LogP contribution in [0.4, 0.5) is 0 Å². The van der Waals surface area contributed by atoms with Gasteiger partial charge in [0.1, 0.15) is 0 Å². The summed E-state index contributed by atoms with van der Waals surface area (Å²) in [6.07, 6.45) is 3.37. The van der Waals surface area contributed by atoms with Crippen molar-refractivity contribution in [2.75, 3.05) is 0 Å². The first-order valence-electron chi connectivity index (χ1n) is 3.72. The first-order valence-corrected chi connectivity index (χ1v) is 6.09. The van der Waals surface area contributed by atoms with Crippen LogP contribution in [0.1, 0.15) is 0 Å². The Morgan fingerprint density at radius 1 is 1.21 bits per heavy atom. The highest BCUT2D eigenvalue weighted by atomic mass is 79.9. The lowest BCUT2D eigenvalue weighted by atomic mass is 10.2. The molecule has 2 aromatic rings. The number of nitrogens with zero attached hydrogens (tertiary/aromatic N) is 1. The summed E-state index contributed by atoms with van der Waals surface area (Å²) in [5, 5.41) is 0.624. The molecule has 2 rings (SSSR count). The Morgan fingerprint density at radius 3 is 2.57 bits per heavy atom. The predicted octanol–water partition coefficient (Wildman–Crippen LogP) is 4.88. The van der Waals surface area contributed by atoms with E-state index in [0.717, 1.165) is 19.2 Å². The molecule has 0 bridgehead atoms. The average Bonchev–Trinajstić information content (AvgIpc) is 2.45. The predicted molar refractivity (Wildman–Crippen MR) is 65.3 cm³/mol. The Labute approximate surface area is 104 Å². The van der Waals surface area contributed by atoms with Crippen LogP contribution in [0, 0.1) is 0 Å². The number of hydrogen-bond acceptors (Lipinski definition) is 2. The van der Waals surface area contributed by atoms with E-state index in [2.05, 4.69) is 20.9 Å². The number of halogens is 3. The third kappa shape index (κ3) is 2.11. The zero-order valence-corrected chi connectivity index (χ0v) is 10.7. The number of aromatic nitrogens is 1. The van der Waals surface area contributed by atoms with Crippen molar-refractivity contribution in [1.82, 2.24) is 4.98 Å². The molecule has 0 N–H and O–H groups in total. The highest BCUT2D eigenvalue weighted by Crippen LogP contribution is 2.38. The van der Waals surface area contributed by atoms with Crippen LogP contribution in [-0.2, 0) is 0 Å². The molecule has 0 unspecified atom stereocenters. The van der Waals surface area contributed by atoms with E-state index in [1.54, 1.807) is 12.4 Å². The summed E-state index contributed by atoms with van der Waals surface area (Å²) in [4.78, 5) is 5.07. The SMILES string of the molecule is Clc1cncc(-c2sc(Cl)cc2Br)c1. The fourth-order valence-corrected chi connectivity index (χ4v) is 3.33. The van der Waals surface area contributed by atoms with Crippen molar-refractivity contribution in [2.45, 2.75) is 0 Å². The maximum atomic E-state index is 5.89. The third-order valence-electron chi connectivity index (χ3n) is 1.62. The van der Waals surface area contributed by atoms with Gasteiger partial charge in [0.25, 0.3) is 0 Å². The van der Waals surface area contributed by atoms with E-state index in [1.165, 1.54) is 11.3 Å². The van der Waals surface area contributed by atoms with Crippen molar-refractivity contribution in [3.8, 4) is 10.4 Å². The standard InChI is InChI=1S/C9H4BrCl2NS/c10-7-2-8(12)14-9(7)5-1-6(11)4-13-3-5/h1-4H. The average molecular weight is 309 g/mol. The van der Waals surface area contributed by atoms with Gasteiger partial charge in [-0.1, -0.05) is 23.2 Å². The van der Waals surface area contributed by atoms with Crippen LogP contribution in [0.2, 0.25) is 9.36 Å². The molecule has 14 heavy (non-hydrogen) atoms. The van der Waals surface area contributed by atoms with Gasteiger partial charge in [0.15, 0.2) is 0 Å². The van der Waals surface area contributed by atoms with Gasteiger partial charge >= 0.3 is 0 Å². The van der Waals surface area contributed by atoms with Crippen LogP contribution < -0.4 is 0 Å². The number of rotatable bonds is 1. The fraction of sp³-hybridized carbons (Fsp3) is 0. The van der Waals surface area contributed by atoms with Gasteiger partial charge in [-0.25, -0.2) is 0 Å². The van der Waals surface area contributed by atoms with Crippen molar-refractivity contribution >= 4 is 50.5 Å². The van der Waals surface area contributed by atoms with Gasteiger partial charge in [0.05, 0.1) is 14.2 Å². The first kappa shape index (κ1) is 10.4. The van der Waals surface area contributed by atoms with E-state index >= 15 is 0 Å². The van der Waals surface area contributed by atoms with E-state index in [-0.39, 0.29) is 0 Å². The van der Waals surface area contributed by atoms with E-state index in [9.17, 15) is 0 Å². The molecule has 5 heteroatoms. The third-order valence-corrected chi connectivity index (χ3v) is 4.03. The second kappa shape index (κ2) is 4.19. The monoisotopic (exact) mass is 307 g/mol. The summed E-state index contributed by atoms with van der Waals surface area (Å²) in [6, 6.07) is 3.73. The van der Waals surface area contributed by atoms with Crippen molar-refractivity contribution in [2.24, 2.45) is 0 Å². The van der Waals surface area contributed by atoms with Crippen molar-refractivity contribution < 1.29 is 0 Å². The molecule has 0 atom stereocenters. The van der Waals surface area contributed by atoms with Crippen LogP contribution in [0.3, 0.4) is 0 Å². The molecule has 72 valence electrons. The molecule has 0 fully saturated rings. The summed E-state index contributed by atoms with van der Waals surface area (Å²) in [5.41, 5.74) is 0.973.